The van der Waals surface area contributed by atoms with E-state index in [0.29, 0.717) is 19.5 Å². The fourth-order valence-corrected chi connectivity index (χ4v) is 5.06. The molecule has 2 aromatic rings. The Morgan fingerprint density at radius 1 is 1.00 bits per heavy atom. The van der Waals surface area contributed by atoms with E-state index in [9.17, 15) is 13.8 Å². The number of aryl methyl sites for hydroxylation is 1. The predicted octanol–water partition coefficient (Wildman–Crippen LogP) is 2.78. The lowest BCUT2D eigenvalue weighted by Crippen LogP contribution is -2.37. The van der Waals surface area contributed by atoms with Gasteiger partial charge in [0.1, 0.15) is 0 Å². The molecule has 1 aliphatic rings. The lowest BCUT2D eigenvalue weighted by molar-refractivity contribution is -0.141. The summed E-state index contributed by atoms with van der Waals surface area (Å²) >= 11 is 0. The molecule has 1 unspecified atom stereocenters. The maximum absolute atomic E-state index is 13.1. The van der Waals surface area contributed by atoms with Crippen molar-refractivity contribution in [1.82, 2.24) is 4.90 Å². The van der Waals surface area contributed by atoms with Gasteiger partial charge in [-0.25, -0.2) is 4.21 Å². The van der Waals surface area contributed by atoms with E-state index in [2.05, 4.69) is 4.90 Å². The van der Waals surface area contributed by atoms with Crippen LogP contribution in [0.5, 0.6) is 0 Å². The molecule has 154 valence electrons. The summed E-state index contributed by atoms with van der Waals surface area (Å²) < 4.78 is 13.1. The fraction of sp³-hybridized carbons (Fsp3) is 0.333. The Bertz CT molecular complexity index is 960. The minimum Gasteiger partial charge on any atom is -0.480 e. The predicted molar refractivity (Wildman–Crippen MR) is 110 cm³/mol. The third-order valence-electron chi connectivity index (χ3n) is 5.06. The van der Waals surface area contributed by atoms with Crippen LogP contribution in [0.2, 0.25) is 0 Å². The number of rotatable bonds is 8. The summed E-state index contributed by atoms with van der Waals surface area (Å²) in [4.78, 5) is 27.1. The monoisotopic (exact) mass is 416 g/mol. The quantitative estimate of drug-likeness (QED) is 0.683. The molecule has 2 aromatic carbocycles. The van der Waals surface area contributed by atoms with Gasteiger partial charge in [0, 0.05) is 13.1 Å². The number of carboxylic acids is 2. The summed E-state index contributed by atoms with van der Waals surface area (Å²) in [6, 6.07) is 11.4. The molecule has 1 heterocycles. The van der Waals surface area contributed by atoms with E-state index in [1.807, 2.05) is 50.2 Å². The van der Waals surface area contributed by atoms with Gasteiger partial charge in [0.15, 0.2) is 0 Å². The van der Waals surface area contributed by atoms with Gasteiger partial charge >= 0.3 is 11.9 Å². The topological polar surface area (TPSA) is 98.2 Å². The van der Waals surface area contributed by atoms with E-state index in [4.69, 9.17) is 10.2 Å². The highest BCUT2D eigenvalue weighted by Crippen LogP contribution is 2.44. The van der Waals surface area contributed by atoms with Crippen LogP contribution in [-0.4, -0.2) is 57.4 Å². The summed E-state index contributed by atoms with van der Waals surface area (Å²) in [6.07, 6.45) is 0.564. The number of para-hydroxylation sites is 1. The SMILES string of the molecule is Cc1ccc2c(c1C)N(CCCN(CC(=O)O)CC(=O)O)c1ccccc1S2=O. The largest absolute Gasteiger partial charge is 0.480 e. The number of hydrogen-bond donors (Lipinski definition) is 2. The van der Waals surface area contributed by atoms with Crippen LogP contribution in [0.1, 0.15) is 17.5 Å². The molecule has 0 radical (unpaired) electrons. The fourth-order valence-electron chi connectivity index (χ4n) is 3.62. The van der Waals surface area contributed by atoms with Crippen LogP contribution in [0.4, 0.5) is 11.4 Å². The summed E-state index contributed by atoms with van der Waals surface area (Å²) in [5.41, 5.74) is 3.95. The van der Waals surface area contributed by atoms with Gasteiger partial charge in [-0.3, -0.25) is 14.5 Å². The first-order valence-corrected chi connectivity index (χ1v) is 10.5. The molecule has 8 heteroatoms. The number of carbonyl (C=O) groups is 2. The van der Waals surface area contributed by atoms with E-state index in [1.165, 1.54) is 4.90 Å². The second kappa shape index (κ2) is 8.75. The first-order valence-electron chi connectivity index (χ1n) is 9.34. The van der Waals surface area contributed by atoms with Gasteiger partial charge in [-0.15, -0.1) is 0 Å². The Balaban J connectivity index is 1.88. The first-order chi connectivity index (χ1) is 13.8. The molecular weight excluding hydrogens is 392 g/mol. The van der Waals surface area contributed by atoms with Crippen LogP contribution < -0.4 is 4.90 Å². The third kappa shape index (κ3) is 4.49. The standard InChI is InChI=1S/C21H24N2O5S/c1-14-8-9-18-21(15(14)2)23(16-6-3-4-7-17(16)29(18)28)11-5-10-22(12-19(24)25)13-20(26)27/h3-4,6-9H,5,10-13H2,1-2H3,(H,24,25)(H,26,27). The van der Waals surface area contributed by atoms with Crippen LogP contribution in [0.15, 0.2) is 46.2 Å². The molecule has 0 spiro atoms. The average molecular weight is 416 g/mol. The Morgan fingerprint density at radius 3 is 2.31 bits per heavy atom. The molecule has 0 bridgehead atoms. The Kier molecular flexibility index (Phi) is 6.34. The van der Waals surface area contributed by atoms with Crippen molar-refractivity contribution in [2.45, 2.75) is 30.1 Å². The molecule has 0 amide bonds. The number of fused-ring (bicyclic) bond motifs is 2. The molecule has 3 rings (SSSR count). The van der Waals surface area contributed by atoms with Crippen molar-refractivity contribution >= 4 is 34.1 Å². The van der Waals surface area contributed by atoms with Gasteiger partial charge < -0.3 is 15.1 Å². The zero-order chi connectivity index (χ0) is 21.1. The normalized spacial score (nSPS) is 15.1. The summed E-state index contributed by atoms with van der Waals surface area (Å²) in [7, 11) is -1.27. The van der Waals surface area contributed by atoms with E-state index >= 15 is 0 Å². The third-order valence-corrected chi connectivity index (χ3v) is 6.54. The maximum Gasteiger partial charge on any atom is 0.317 e. The van der Waals surface area contributed by atoms with E-state index in [0.717, 1.165) is 32.3 Å². The second-order valence-electron chi connectivity index (χ2n) is 7.09. The van der Waals surface area contributed by atoms with Crippen molar-refractivity contribution in [2.24, 2.45) is 0 Å². The van der Waals surface area contributed by atoms with Crippen LogP contribution in [0.3, 0.4) is 0 Å². The molecule has 2 N–H and O–H groups in total. The summed E-state index contributed by atoms with van der Waals surface area (Å²) in [5, 5.41) is 18.0. The Hall–Kier alpha value is -2.71. The minimum absolute atomic E-state index is 0.318. The number of anilines is 2. The van der Waals surface area contributed by atoms with Crippen LogP contribution in [0.25, 0.3) is 0 Å². The molecule has 29 heavy (non-hydrogen) atoms. The molecule has 7 nitrogen and oxygen atoms in total. The Labute approximate surface area is 172 Å². The van der Waals surface area contributed by atoms with Gasteiger partial charge in [0.05, 0.1) is 45.1 Å². The van der Waals surface area contributed by atoms with Crippen LogP contribution >= 0.6 is 0 Å². The van der Waals surface area contributed by atoms with Crippen molar-refractivity contribution in [3.63, 3.8) is 0 Å². The van der Waals surface area contributed by atoms with Gasteiger partial charge in [0.2, 0.25) is 0 Å². The van der Waals surface area contributed by atoms with E-state index < -0.39 is 22.7 Å². The second-order valence-corrected chi connectivity index (χ2v) is 8.51. The van der Waals surface area contributed by atoms with Crippen molar-refractivity contribution < 1.29 is 24.0 Å². The number of carboxylic acid groups (broad SMARTS) is 2. The average Bonchev–Trinajstić information content (AvgIpc) is 2.66. The molecule has 0 aromatic heterocycles. The molecule has 0 fully saturated rings. The van der Waals surface area contributed by atoms with Crippen molar-refractivity contribution in [2.75, 3.05) is 31.1 Å². The van der Waals surface area contributed by atoms with E-state index in [1.54, 1.807) is 0 Å². The van der Waals surface area contributed by atoms with Crippen molar-refractivity contribution in [1.29, 1.82) is 0 Å². The zero-order valence-electron chi connectivity index (χ0n) is 16.4. The smallest absolute Gasteiger partial charge is 0.317 e. The molecule has 0 saturated heterocycles. The Morgan fingerprint density at radius 2 is 1.66 bits per heavy atom. The highest BCUT2D eigenvalue weighted by molar-refractivity contribution is 7.85. The lowest BCUT2D eigenvalue weighted by atomic mass is 10.1. The minimum atomic E-state index is -1.27. The van der Waals surface area contributed by atoms with Gasteiger partial charge in [-0.05, 0) is 49.6 Å². The zero-order valence-corrected chi connectivity index (χ0v) is 17.2. The van der Waals surface area contributed by atoms with Gasteiger partial charge in [0.25, 0.3) is 0 Å². The number of benzene rings is 2. The van der Waals surface area contributed by atoms with E-state index in [-0.39, 0.29) is 13.1 Å². The molecule has 0 aliphatic carbocycles. The molecular formula is C21H24N2O5S. The molecule has 1 aliphatic heterocycles. The van der Waals surface area contributed by atoms with Gasteiger partial charge in [-0.2, -0.15) is 0 Å². The lowest BCUT2D eigenvalue weighted by Gasteiger charge is -2.35. The summed E-state index contributed by atoms with van der Waals surface area (Å²) in [5.74, 6) is -2.11. The van der Waals surface area contributed by atoms with Crippen LogP contribution in [-0.2, 0) is 20.4 Å². The van der Waals surface area contributed by atoms with Crippen molar-refractivity contribution in [3.8, 4) is 0 Å². The molecule has 0 saturated carbocycles. The van der Waals surface area contributed by atoms with Crippen LogP contribution in [0, 0.1) is 13.8 Å². The number of aliphatic carboxylic acids is 2. The highest BCUT2D eigenvalue weighted by atomic mass is 32.2. The maximum atomic E-state index is 13.1. The summed E-state index contributed by atoms with van der Waals surface area (Å²) in [6.45, 7) is 4.27. The molecule has 1 atom stereocenters. The van der Waals surface area contributed by atoms with Gasteiger partial charge in [-0.1, -0.05) is 18.2 Å². The first kappa shape index (κ1) is 21.0. The number of hydrogen-bond acceptors (Lipinski definition) is 5. The number of nitrogens with zero attached hydrogens (tertiary/aromatic N) is 2. The highest BCUT2D eigenvalue weighted by Gasteiger charge is 2.29. The van der Waals surface area contributed by atoms with Crippen molar-refractivity contribution in [3.05, 3.63) is 47.5 Å².